The van der Waals surface area contributed by atoms with Gasteiger partial charge in [0.1, 0.15) is 17.8 Å². The van der Waals surface area contributed by atoms with Crippen LogP contribution in [0.4, 0.5) is 0 Å². The molecule has 1 atom stereocenters. The minimum atomic E-state index is -0.445. The SMILES string of the molecule is CCC1(CC)C(=O)N[C@@H]1Oc1ccc(CC(=O)OCc2ccccc2)cc1. The highest BCUT2D eigenvalue weighted by molar-refractivity contribution is 5.89. The molecule has 5 heteroatoms. The molecule has 1 amide bonds. The summed E-state index contributed by atoms with van der Waals surface area (Å²) in [4.78, 5) is 23.9. The number of hydrogen-bond acceptors (Lipinski definition) is 4. The van der Waals surface area contributed by atoms with Crippen molar-refractivity contribution in [2.24, 2.45) is 5.41 Å². The van der Waals surface area contributed by atoms with Gasteiger partial charge in [0.2, 0.25) is 5.91 Å². The third kappa shape index (κ3) is 4.13. The second-order valence-electron chi connectivity index (χ2n) is 6.80. The van der Waals surface area contributed by atoms with Gasteiger partial charge in [-0.3, -0.25) is 9.59 Å². The van der Waals surface area contributed by atoms with E-state index in [1.54, 1.807) is 0 Å². The van der Waals surface area contributed by atoms with Crippen LogP contribution in [0.15, 0.2) is 54.6 Å². The Hall–Kier alpha value is -2.82. The fourth-order valence-corrected chi connectivity index (χ4v) is 3.30. The molecular formula is C22H25NO4. The zero-order valence-electron chi connectivity index (χ0n) is 15.7. The van der Waals surface area contributed by atoms with E-state index in [0.717, 1.165) is 24.0 Å². The molecule has 0 aliphatic carbocycles. The predicted molar refractivity (Wildman–Crippen MR) is 102 cm³/mol. The van der Waals surface area contributed by atoms with Gasteiger partial charge in [-0.25, -0.2) is 0 Å². The Bertz CT molecular complexity index is 782. The molecule has 142 valence electrons. The van der Waals surface area contributed by atoms with Gasteiger partial charge in [0.15, 0.2) is 6.23 Å². The quantitative estimate of drug-likeness (QED) is 0.572. The van der Waals surface area contributed by atoms with E-state index in [0.29, 0.717) is 5.75 Å². The van der Waals surface area contributed by atoms with Crippen LogP contribution in [0.3, 0.4) is 0 Å². The smallest absolute Gasteiger partial charge is 0.310 e. The minimum absolute atomic E-state index is 0.0512. The van der Waals surface area contributed by atoms with E-state index in [4.69, 9.17) is 9.47 Å². The van der Waals surface area contributed by atoms with Gasteiger partial charge in [-0.05, 0) is 36.1 Å². The Labute approximate surface area is 159 Å². The largest absolute Gasteiger partial charge is 0.470 e. The highest BCUT2D eigenvalue weighted by atomic mass is 16.5. The Morgan fingerprint density at radius 3 is 2.26 bits per heavy atom. The van der Waals surface area contributed by atoms with Crippen molar-refractivity contribution in [2.75, 3.05) is 0 Å². The second kappa shape index (κ2) is 8.25. The molecule has 2 aromatic rings. The van der Waals surface area contributed by atoms with Crippen LogP contribution >= 0.6 is 0 Å². The molecule has 1 saturated heterocycles. The molecular weight excluding hydrogens is 342 g/mol. The third-order valence-corrected chi connectivity index (χ3v) is 5.25. The van der Waals surface area contributed by atoms with Crippen molar-refractivity contribution < 1.29 is 19.1 Å². The van der Waals surface area contributed by atoms with Gasteiger partial charge < -0.3 is 14.8 Å². The Balaban J connectivity index is 1.51. The zero-order valence-corrected chi connectivity index (χ0v) is 15.7. The molecule has 1 fully saturated rings. The molecule has 0 unspecified atom stereocenters. The second-order valence-corrected chi connectivity index (χ2v) is 6.80. The Morgan fingerprint density at radius 2 is 1.67 bits per heavy atom. The number of benzene rings is 2. The summed E-state index contributed by atoms with van der Waals surface area (Å²) in [5.74, 6) is 0.456. The number of amides is 1. The first kappa shape index (κ1) is 19.0. The van der Waals surface area contributed by atoms with Crippen LogP contribution in [0.5, 0.6) is 5.75 Å². The first-order valence-electron chi connectivity index (χ1n) is 9.33. The number of esters is 1. The number of carbonyl (C=O) groups excluding carboxylic acids is 2. The van der Waals surface area contributed by atoms with E-state index >= 15 is 0 Å². The van der Waals surface area contributed by atoms with E-state index in [9.17, 15) is 9.59 Å². The van der Waals surface area contributed by atoms with Gasteiger partial charge in [-0.1, -0.05) is 56.3 Å². The molecule has 3 rings (SSSR count). The van der Waals surface area contributed by atoms with Gasteiger partial charge in [-0.2, -0.15) is 0 Å². The van der Waals surface area contributed by atoms with Crippen LogP contribution in [0.25, 0.3) is 0 Å². The van der Waals surface area contributed by atoms with Crippen molar-refractivity contribution in [3.05, 3.63) is 65.7 Å². The third-order valence-electron chi connectivity index (χ3n) is 5.25. The number of ether oxygens (including phenoxy) is 2. The van der Waals surface area contributed by atoms with Crippen LogP contribution in [0.2, 0.25) is 0 Å². The van der Waals surface area contributed by atoms with Crippen molar-refractivity contribution >= 4 is 11.9 Å². The van der Waals surface area contributed by atoms with Crippen LogP contribution in [-0.2, 0) is 27.4 Å². The van der Waals surface area contributed by atoms with E-state index in [-0.39, 0.29) is 31.1 Å². The fraction of sp³-hybridized carbons (Fsp3) is 0.364. The Kier molecular flexibility index (Phi) is 5.79. The molecule has 1 N–H and O–H groups in total. The zero-order chi connectivity index (χ0) is 19.3. The Morgan fingerprint density at radius 1 is 1.00 bits per heavy atom. The number of nitrogens with one attached hydrogen (secondary N) is 1. The molecule has 27 heavy (non-hydrogen) atoms. The molecule has 1 aliphatic heterocycles. The number of rotatable bonds is 8. The molecule has 0 aromatic heterocycles. The van der Waals surface area contributed by atoms with Crippen molar-refractivity contribution in [3.8, 4) is 5.75 Å². The highest BCUT2D eigenvalue weighted by Gasteiger charge is 2.54. The molecule has 0 spiro atoms. The molecule has 1 aliphatic rings. The van der Waals surface area contributed by atoms with Crippen molar-refractivity contribution in [3.63, 3.8) is 0 Å². The van der Waals surface area contributed by atoms with E-state index in [1.165, 1.54) is 0 Å². The normalized spacial score (nSPS) is 17.6. The molecule has 2 aromatic carbocycles. The summed E-state index contributed by atoms with van der Waals surface area (Å²) >= 11 is 0. The topological polar surface area (TPSA) is 64.6 Å². The van der Waals surface area contributed by atoms with Gasteiger partial charge in [-0.15, -0.1) is 0 Å². The lowest BCUT2D eigenvalue weighted by molar-refractivity contribution is -0.161. The maximum atomic E-state index is 12.0. The van der Waals surface area contributed by atoms with Crippen molar-refractivity contribution in [1.82, 2.24) is 5.32 Å². The highest BCUT2D eigenvalue weighted by Crippen LogP contribution is 2.39. The number of carbonyl (C=O) groups is 2. The summed E-state index contributed by atoms with van der Waals surface area (Å²) in [5, 5.41) is 2.83. The average Bonchev–Trinajstić information content (AvgIpc) is 2.69. The lowest BCUT2D eigenvalue weighted by atomic mass is 9.73. The van der Waals surface area contributed by atoms with E-state index in [1.807, 2.05) is 68.4 Å². The summed E-state index contributed by atoms with van der Waals surface area (Å²) < 4.78 is 11.2. The molecule has 0 saturated carbocycles. The molecule has 0 bridgehead atoms. The van der Waals surface area contributed by atoms with E-state index in [2.05, 4.69) is 5.32 Å². The first-order valence-corrected chi connectivity index (χ1v) is 9.33. The first-order chi connectivity index (χ1) is 13.1. The summed E-state index contributed by atoms with van der Waals surface area (Å²) in [6.07, 6.45) is 1.39. The summed E-state index contributed by atoms with van der Waals surface area (Å²) in [6, 6.07) is 16.9. The average molecular weight is 367 g/mol. The maximum absolute atomic E-state index is 12.0. The number of β-lactam (4-membered cyclic amide) rings is 1. The van der Waals surface area contributed by atoms with Crippen LogP contribution in [-0.4, -0.2) is 18.1 Å². The lowest BCUT2D eigenvalue weighted by Crippen LogP contribution is -2.69. The van der Waals surface area contributed by atoms with Crippen LogP contribution in [0.1, 0.15) is 37.8 Å². The van der Waals surface area contributed by atoms with E-state index < -0.39 is 5.41 Å². The summed E-state index contributed by atoms with van der Waals surface area (Å²) in [7, 11) is 0. The standard InChI is InChI=1S/C22H25NO4/c1-3-22(4-2)20(25)23-21(22)27-18-12-10-16(11-13-18)14-19(24)26-15-17-8-6-5-7-9-17/h5-13,21H,3-4,14-15H2,1-2H3,(H,23,25)/t21-/m1/s1. The monoisotopic (exact) mass is 367 g/mol. The number of hydrogen-bond donors (Lipinski definition) is 1. The molecule has 1 heterocycles. The molecule has 5 nitrogen and oxygen atoms in total. The fourth-order valence-electron chi connectivity index (χ4n) is 3.30. The van der Waals surface area contributed by atoms with Gasteiger partial charge in [0.25, 0.3) is 0 Å². The van der Waals surface area contributed by atoms with Gasteiger partial charge >= 0.3 is 5.97 Å². The van der Waals surface area contributed by atoms with Crippen LogP contribution in [0, 0.1) is 5.41 Å². The summed E-state index contributed by atoms with van der Waals surface area (Å²) in [6.45, 7) is 4.28. The molecule has 0 radical (unpaired) electrons. The van der Waals surface area contributed by atoms with Gasteiger partial charge in [0, 0.05) is 0 Å². The van der Waals surface area contributed by atoms with Gasteiger partial charge in [0.05, 0.1) is 6.42 Å². The van der Waals surface area contributed by atoms with Crippen molar-refractivity contribution in [2.45, 2.75) is 45.9 Å². The summed E-state index contributed by atoms with van der Waals surface area (Å²) in [5.41, 5.74) is 1.38. The van der Waals surface area contributed by atoms with Crippen LogP contribution < -0.4 is 10.1 Å². The maximum Gasteiger partial charge on any atom is 0.310 e. The van der Waals surface area contributed by atoms with Crippen molar-refractivity contribution in [1.29, 1.82) is 0 Å². The lowest BCUT2D eigenvalue weighted by Gasteiger charge is -2.47. The predicted octanol–water partition coefficient (Wildman–Crippen LogP) is 3.61. The minimum Gasteiger partial charge on any atom is -0.470 e.